The van der Waals surface area contributed by atoms with Gasteiger partial charge < -0.3 is 29.0 Å². The molecule has 3 aromatic rings. The van der Waals surface area contributed by atoms with Gasteiger partial charge in [0.2, 0.25) is 0 Å². The molecule has 1 saturated heterocycles. The summed E-state index contributed by atoms with van der Waals surface area (Å²) >= 11 is 0. The Balaban J connectivity index is 1.43. The van der Waals surface area contributed by atoms with Crippen molar-refractivity contribution in [3.63, 3.8) is 0 Å². The van der Waals surface area contributed by atoms with Crippen LogP contribution in [0.5, 0.6) is 23.0 Å². The smallest absolute Gasteiger partial charge is 0.463 e. The summed E-state index contributed by atoms with van der Waals surface area (Å²) in [5.41, 5.74) is 4.82. The molecule has 1 aliphatic rings. The molecule has 1 fully saturated rings. The fourth-order valence-corrected chi connectivity index (χ4v) is 4.35. The van der Waals surface area contributed by atoms with Crippen LogP contribution in [-0.2, 0) is 9.26 Å². The average molecular weight is 505 g/mol. The molecule has 4 rings (SSSR count). The molecule has 12 heteroatoms. The van der Waals surface area contributed by atoms with Crippen LogP contribution < -0.4 is 29.9 Å². The SMILES string of the molecule is COc1ccc(OP(OCC2CC(F)C(n3ccc(N)nc3=O)O2)Oc2ccc(OC)cc2)cc1. The Morgan fingerprint density at radius 3 is 2.06 bits per heavy atom. The summed E-state index contributed by atoms with van der Waals surface area (Å²) in [4.78, 5) is 15.7. The standard InChI is InChI=1S/C23H25FN3O7P/c1-29-15-3-7-17(8-4-15)33-35(34-18-9-5-16(30-2)6-10-18)31-14-19-13-20(24)22(32-19)27-12-11-21(25)26-23(27)28/h3-12,19-20,22H,13-14H2,1-2H3,(H2,25,26,28). The van der Waals surface area contributed by atoms with E-state index in [-0.39, 0.29) is 18.8 Å². The van der Waals surface area contributed by atoms with Gasteiger partial charge in [0.15, 0.2) is 6.23 Å². The number of methoxy groups -OCH3 is 2. The van der Waals surface area contributed by atoms with Crippen LogP contribution in [0.3, 0.4) is 0 Å². The molecular formula is C23H25FN3O7P. The van der Waals surface area contributed by atoms with Gasteiger partial charge in [-0.25, -0.2) is 9.18 Å². The van der Waals surface area contributed by atoms with E-state index in [4.69, 9.17) is 33.5 Å². The quantitative estimate of drug-likeness (QED) is 0.410. The molecule has 3 atom stereocenters. The van der Waals surface area contributed by atoms with Crippen molar-refractivity contribution in [2.75, 3.05) is 26.6 Å². The van der Waals surface area contributed by atoms with E-state index in [9.17, 15) is 9.18 Å². The Bertz CT molecular complexity index is 1110. The maximum Gasteiger partial charge on any atom is 0.463 e. The molecule has 1 aliphatic heterocycles. The van der Waals surface area contributed by atoms with Crippen molar-refractivity contribution in [3.8, 4) is 23.0 Å². The summed E-state index contributed by atoms with van der Waals surface area (Å²) in [6, 6.07) is 15.3. The van der Waals surface area contributed by atoms with Crippen molar-refractivity contribution in [2.24, 2.45) is 0 Å². The number of nitrogen functional groups attached to an aromatic ring is 1. The number of nitrogens with zero attached hydrogens (tertiary/aromatic N) is 2. The van der Waals surface area contributed by atoms with E-state index in [1.165, 1.54) is 12.3 Å². The molecular weight excluding hydrogens is 480 g/mol. The Morgan fingerprint density at radius 1 is 1.00 bits per heavy atom. The first kappa shape index (κ1) is 24.7. The van der Waals surface area contributed by atoms with Crippen LogP contribution in [0.15, 0.2) is 65.6 Å². The van der Waals surface area contributed by atoms with E-state index in [0.29, 0.717) is 23.0 Å². The zero-order chi connectivity index (χ0) is 24.8. The number of alkyl halides is 1. The van der Waals surface area contributed by atoms with Gasteiger partial charge in [-0.15, -0.1) is 0 Å². The number of hydrogen-bond acceptors (Lipinski definition) is 9. The predicted octanol–water partition coefficient (Wildman–Crippen LogP) is 3.87. The third-order valence-corrected chi connectivity index (χ3v) is 6.18. The Kier molecular flexibility index (Phi) is 8.02. The van der Waals surface area contributed by atoms with Gasteiger partial charge in [0, 0.05) is 12.6 Å². The lowest BCUT2D eigenvalue weighted by Crippen LogP contribution is -2.30. The highest BCUT2D eigenvalue weighted by molar-refractivity contribution is 7.42. The van der Waals surface area contributed by atoms with Crippen LogP contribution in [0.1, 0.15) is 12.6 Å². The second-order valence-corrected chi connectivity index (χ2v) is 8.57. The van der Waals surface area contributed by atoms with E-state index >= 15 is 0 Å². The first-order valence-electron chi connectivity index (χ1n) is 10.7. The first-order valence-corrected chi connectivity index (χ1v) is 11.8. The summed E-state index contributed by atoms with van der Waals surface area (Å²) in [6.45, 7) is -0.0217. The highest BCUT2D eigenvalue weighted by Gasteiger charge is 2.38. The van der Waals surface area contributed by atoms with Crippen molar-refractivity contribution < 1.29 is 32.2 Å². The Morgan fingerprint density at radius 2 is 1.54 bits per heavy atom. The maximum absolute atomic E-state index is 14.7. The van der Waals surface area contributed by atoms with E-state index in [1.807, 2.05) is 0 Å². The third-order valence-electron chi connectivity index (χ3n) is 5.10. The summed E-state index contributed by atoms with van der Waals surface area (Å²) in [6.07, 6.45) is -1.81. The summed E-state index contributed by atoms with van der Waals surface area (Å²) < 4.78 is 49.5. The minimum Gasteiger partial charge on any atom is -0.497 e. The van der Waals surface area contributed by atoms with Gasteiger partial charge in [-0.05, 0) is 54.6 Å². The lowest BCUT2D eigenvalue weighted by molar-refractivity contribution is -0.0364. The van der Waals surface area contributed by atoms with E-state index in [0.717, 1.165) is 4.57 Å². The molecule has 0 saturated carbocycles. The molecule has 0 spiro atoms. The van der Waals surface area contributed by atoms with Gasteiger partial charge in [-0.2, -0.15) is 4.98 Å². The lowest BCUT2D eigenvalue weighted by atomic mass is 10.2. The number of ether oxygens (including phenoxy) is 3. The van der Waals surface area contributed by atoms with Crippen LogP contribution in [0, 0.1) is 0 Å². The van der Waals surface area contributed by atoms with E-state index < -0.39 is 32.8 Å². The third kappa shape index (κ3) is 6.39. The van der Waals surface area contributed by atoms with E-state index in [1.54, 1.807) is 62.8 Å². The molecule has 2 N–H and O–H groups in total. The molecule has 186 valence electrons. The number of anilines is 1. The van der Waals surface area contributed by atoms with Crippen molar-refractivity contribution in [1.82, 2.24) is 9.55 Å². The zero-order valence-electron chi connectivity index (χ0n) is 19.1. The van der Waals surface area contributed by atoms with Gasteiger partial charge in [0.25, 0.3) is 0 Å². The van der Waals surface area contributed by atoms with Crippen molar-refractivity contribution in [1.29, 1.82) is 0 Å². The predicted molar refractivity (Wildman–Crippen MR) is 126 cm³/mol. The molecule has 10 nitrogen and oxygen atoms in total. The fourth-order valence-electron chi connectivity index (χ4n) is 3.33. The van der Waals surface area contributed by atoms with Crippen LogP contribution in [0.2, 0.25) is 0 Å². The Hall–Kier alpha value is -3.40. The van der Waals surface area contributed by atoms with Gasteiger partial charge in [-0.3, -0.25) is 9.09 Å². The Labute approximate surface area is 202 Å². The molecule has 3 unspecified atom stereocenters. The average Bonchev–Trinajstić information content (AvgIpc) is 3.23. The highest BCUT2D eigenvalue weighted by atomic mass is 31.2. The highest BCUT2D eigenvalue weighted by Crippen LogP contribution is 2.43. The first-order chi connectivity index (χ1) is 16.9. The second-order valence-electron chi connectivity index (χ2n) is 7.50. The van der Waals surface area contributed by atoms with Gasteiger partial charge in [-0.1, -0.05) is 0 Å². The fraction of sp³-hybridized carbons (Fsp3) is 0.304. The zero-order valence-corrected chi connectivity index (χ0v) is 20.0. The number of nitrogens with two attached hydrogens (primary N) is 1. The van der Waals surface area contributed by atoms with Crippen molar-refractivity contribution in [2.45, 2.75) is 24.9 Å². The number of aromatic nitrogens is 2. The van der Waals surface area contributed by atoms with Crippen molar-refractivity contribution >= 4 is 14.4 Å². The molecule has 0 amide bonds. The van der Waals surface area contributed by atoms with Crippen LogP contribution in [0.25, 0.3) is 0 Å². The van der Waals surface area contributed by atoms with Gasteiger partial charge in [0.1, 0.15) is 35.0 Å². The maximum atomic E-state index is 14.7. The van der Waals surface area contributed by atoms with Crippen LogP contribution in [0.4, 0.5) is 10.2 Å². The number of rotatable bonds is 10. The van der Waals surface area contributed by atoms with Crippen LogP contribution >= 0.6 is 8.60 Å². The normalized spacial score (nSPS) is 19.5. The molecule has 0 bridgehead atoms. The minimum atomic E-state index is -1.93. The number of hydrogen-bond donors (Lipinski definition) is 1. The largest absolute Gasteiger partial charge is 0.497 e. The van der Waals surface area contributed by atoms with Gasteiger partial charge >= 0.3 is 14.3 Å². The molecule has 0 aliphatic carbocycles. The summed E-state index contributed by atoms with van der Waals surface area (Å²) in [5.74, 6) is 2.39. The molecule has 35 heavy (non-hydrogen) atoms. The monoisotopic (exact) mass is 505 g/mol. The topological polar surface area (TPSA) is 116 Å². The summed E-state index contributed by atoms with van der Waals surface area (Å²) in [7, 11) is 1.21. The number of benzene rings is 2. The molecule has 2 aromatic carbocycles. The molecule has 1 aromatic heterocycles. The second kappa shape index (κ2) is 11.4. The molecule has 2 heterocycles. The summed E-state index contributed by atoms with van der Waals surface area (Å²) in [5, 5.41) is 0. The lowest BCUT2D eigenvalue weighted by Gasteiger charge is -2.20. The molecule has 0 radical (unpaired) electrons. The van der Waals surface area contributed by atoms with E-state index in [2.05, 4.69) is 4.98 Å². The minimum absolute atomic E-state index is 0.0217. The van der Waals surface area contributed by atoms with Crippen LogP contribution in [-0.4, -0.2) is 42.7 Å². The van der Waals surface area contributed by atoms with Crippen molar-refractivity contribution in [3.05, 3.63) is 71.3 Å². The number of halogens is 1. The van der Waals surface area contributed by atoms with Gasteiger partial charge in [0.05, 0.1) is 26.9 Å².